The summed E-state index contributed by atoms with van der Waals surface area (Å²) < 4.78 is 5.95. The fourth-order valence-electron chi connectivity index (χ4n) is 3.31. The highest BCUT2D eigenvalue weighted by molar-refractivity contribution is 5.45. The van der Waals surface area contributed by atoms with Gasteiger partial charge in [0.1, 0.15) is 12.4 Å². The zero-order valence-corrected chi connectivity index (χ0v) is 19.0. The van der Waals surface area contributed by atoms with Crippen molar-refractivity contribution in [2.45, 2.75) is 13.1 Å². The lowest BCUT2D eigenvalue weighted by Gasteiger charge is -2.21. The lowest BCUT2D eigenvalue weighted by atomic mass is 10.3. The molecular formula is C26H24N6O3. The van der Waals surface area contributed by atoms with Crippen LogP contribution in [0, 0.1) is 10.1 Å². The van der Waals surface area contributed by atoms with Gasteiger partial charge in [0.05, 0.1) is 27.7 Å². The second kappa shape index (κ2) is 12.1. The zero-order chi connectivity index (χ0) is 24.3. The molecule has 4 rings (SSSR count). The van der Waals surface area contributed by atoms with Crippen molar-refractivity contribution in [2.75, 3.05) is 13.2 Å². The van der Waals surface area contributed by atoms with E-state index in [1.807, 2.05) is 60.7 Å². The molecule has 0 radical (unpaired) electrons. The minimum atomic E-state index is -0.448. The van der Waals surface area contributed by atoms with E-state index < -0.39 is 4.92 Å². The average molecular weight is 469 g/mol. The molecule has 0 atom stereocenters. The molecule has 4 aromatic rings. The van der Waals surface area contributed by atoms with Crippen LogP contribution in [-0.2, 0) is 13.1 Å². The van der Waals surface area contributed by atoms with Crippen molar-refractivity contribution in [3.8, 4) is 5.75 Å². The van der Waals surface area contributed by atoms with Gasteiger partial charge in [-0.1, -0.05) is 12.1 Å². The van der Waals surface area contributed by atoms with Crippen molar-refractivity contribution in [1.82, 2.24) is 14.9 Å². The van der Waals surface area contributed by atoms with E-state index in [0.29, 0.717) is 37.6 Å². The molecule has 9 heteroatoms. The summed E-state index contributed by atoms with van der Waals surface area (Å²) in [6, 6.07) is 25.0. The van der Waals surface area contributed by atoms with Gasteiger partial charge in [-0.3, -0.25) is 25.0 Å². The molecular weight excluding hydrogens is 444 g/mol. The topological polar surface area (TPSA) is 106 Å². The molecule has 0 aliphatic carbocycles. The van der Waals surface area contributed by atoms with Crippen LogP contribution in [0.25, 0.3) is 0 Å². The summed E-state index contributed by atoms with van der Waals surface area (Å²) in [7, 11) is 0. The van der Waals surface area contributed by atoms with Crippen LogP contribution in [0.5, 0.6) is 5.75 Å². The van der Waals surface area contributed by atoms with Crippen LogP contribution in [0.3, 0.4) is 0 Å². The van der Waals surface area contributed by atoms with Gasteiger partial charge >= 0.3 is 0 Å². The molecule has 2 aromatic heterocycles. The Kier molecular flexibility index (Phi) is 8.18. The zero-order valence-electron chi connectivity index (χ0n) is 19.0. The molecule has 0 aliphatic heterocycles. The van der Waals surface area contributed by atoms with Gasteiger partial charge in [0.25, 0.3) is 5.69 Å². The van der Waals surface area contributed by atoms with Crippen molar-refractivity contribution in [3.05, 3.63) is 119 Å². The summed E-state index contributed by atoms with van der Waals surface area (Å²) >= 11 is 0. The summed E-state index contributed by atoms with van der Waals surface area (Å²) in [4.78, 5) is 21.4. The van der Waals surface area contributed by atoms with E-state index in [9.17, 15) is 10.1 Å². The predicted octanol–water partition coefficient (Wildman–Crippen LogP) is 5.88. The molecule has 0 amide bonds. The fraction of sp³-hybridized carbons (Fsp3) is 0.154. The van der Waals surface area contributed by atoms with Gasteiger partial charge in [-0.15, -0.1) is 0 Å². The molecule has 0 bridgehead atoms. The van der Waals surface area contributed by atoms with Crippen molar-refractivity contribution >= 4 is 17.1 Å². The number of hydrogen-bond donors (Lipinski definition) is 0. The Morgan fingerprint density at radius 2 is 1.31 bits per heavy atom. The second-order valence-electron chi connectivity index (χ2n) is 7.67. The Balaban J connectivity index is 1.31. The molecule has 0 fully saturated rings. The molecule has 0 saturated heterocycles. The summed E-state index contributed by atoms with van der Waals surface area (Å²) in [6.07, 6.45) is 3.59. The minimum Gasteiger partial charge on any atom is -0.492 e. The molecule has 0 N–H and O–H groups in total. The van der Waals surface area contributed by atoms with Gasteiger partial charge in [-0.2, -0.15) is 10.2 Å². The first-order valence-corrected chi connectivity index (χ1v) is 11.1. The third-order valence-electron chi connectivity index (χ3n) is 5.08. The Morgan fingerprint density at radius 1 is 0.771 bits per heavy atom. The van der Waals surface area contributed by atoms with Gasteiger partial charge in [0, 0.05) is 44.2 Å². The predicted molar refractivity (Wildman–Crippen MR) is 132 cm³/mol. The number of nitrogens with zero attached hydrogens (tertiary/aromatic N) is 6. The van der Waals surface area contributed by atoms with Crippen molar-refractivity contribution in [3.63, 3.8) is 0 Å². The van der Waals surface area contributed by atoms with Crippen molar-refractivity contribution in [1.29, 1.82) is 0 Å². The van der Waals surface area contributed by atoms with Crippen LogP contribution in [-0.4, -0.2) is 32.9 Å². The van der Waals surface area contributed by atoms with E-state index in [0.717, 1.165) is 17.1 Å². The SMILES string of the molecule is O=[N+]([O-])c1ccc(N=Nc2ccc(OCCN(Cc3ccccn3)Cc3ccccn3)cc2)cc1. The van der Waals surface area contributed by atoms with E-state index in [4.69, 9.17) is 4.74 Å². The molecule has 0 unspecified atom stereocenters. The molecule has 0 saturated carbocycles. The van der Waals surface area contributed by atoms with Crippen LogP contribution in [0.2, 0.25) is 0 Å². The number of rotatable bonds is 11. The molecule has 35 heavy (non-hydrogen) atoms. The largest absolute Gasteiger partial charge is 0.492 e. The monoisotopic (exact) mass is 468 g/mol. The van der Waals surface area contributed by atoms with Gasteiger partial charge in [-0.05, 0) is 60.7 Å². The normalized spacial score (nSPS) is 11.1. The van der Waals surface area contributed by atoms with Gasteiger partial charge in [0.15, 0.2) is 0 Å². The highest BCUT2D eigenvalue weighted by Crippen LogP contribution is 2.23. The number of benzene rings is 2. The summed E-state index contributed by atoms with van der Waals surface area (Å²) in [5.41, 5.74) is 3.20. The Labute approximate surface area is 202 Å². The summed E-state index contributed by atoms with van der Waals surface area (Å²) in [6.45, 7) is 2.60. The van der Waals surface area contributed by atoms with E-state index in [-0.39, 0.29) is 5.69 Å². The van der Waals surface area contributed by atoms with E-state index >= 15 is 0 Å². The minimum absolute atomic E-state index is 0.0177. The van der Waals surface area contributed by atoms with Crippen LogP contribution >= 0.6 is 0 Å². The summed E-state index contributed by atoms with van der Waals surface area (Å²) in [5.74, 6) is 0.731. The molecule has 176 valence electrons. The standard InChI is InChI=1S/C26H24N6O3/c33-32(34)25-11-7-21(8-12-25)29-30-22-9-13-26(14-10-22)35-18-17-31(19-23-5-1-3-15-27-23)20-24-6-2-4-16-28-24/h1-16H,17-20H2. The number of aromatic nitrogens is 2. The number of ether oxygens (including phenoxy) is 1. The number of non-ortho nitro benzene ring substituents is 1. The van der Waals surface area contributed by atoms with Crippen molar-refractivity contribution in [2.24, 2.45) is 10.2 Å². The third-order valence-corrected chi connectivity index (χ3v) is 5.08. The fourth-order valence-corrected chi connectivity index (χ4v) is 3.31. The molecule has 2 heterocycles. The number of hydrogen-bond acceptors (Lipinski definition) is 8. The van der Waals surface area contributed by atoms with Gasteiger partial charge < -0.3 is 4.74 Å². The first kappa shape index (κ1) is 23.7. The van der Waals surface area contributed by atoms with Crippen LogP contribution < -0.4 is 4.74 Å². The third kappa shape index (κ3) is 7.51. The maximum Gasteiger partial charge on any atom is 0.269 e. The van der Waals surface area contributed by atoms with Gasteiger partial charge in [0.2, 0.25) is 0 Å². The number of nitro benzene ring substituents is 1. The average Bonchev–Trinajstić information content (AvgIpc) is 2.89. The Bertz CT molecular complexity index is 1190. The molecule has 0 spiro atoms. The Hall–Kier alpha value is -4.50. The smallest absolute Gasteiger partial charge is 0.269 e. The van der Waals surface area contributed by atoms with Gasteiger partial charge in [-0.25, -0.2) is 0 Å². The highest BCUT2D eigenvalue weighted by atomic mass is 16.6. The Morgan fingerprint density at radius 3 is 1.80 bits per heavy atom. The first-order valence-electron chi connectivity index (χ1n) is 11.1. The quantitative estimate of drug-likeness (QED) is 0.155. The maximum atomic E-state index is 10.7. The van der Waals surface area contributed by atoms with E-state index in [1.165, 1.54) is 12.1 Å². The maximum absolute atomic E-state index is 10.7. The molecule has 2 aromatic carbocycles. The molecule has 0 aliphatic rings. The lowest BCUT2D eigenvalue weighted by Crippen LogP contribution is -2.28. The number of nitro groups is 1. The summed E-state index contributed by atoms with van der Waals surface area (Å²) in [5, 5.41) is 19.0. The highest BCUT2D eigenvalue weighted by Gasteiger charge is 2.09. The van der Waals surface area contributed by atoms with Crippen LogP contribution in [0.1, 0.15) is 11.4 Å². The van der Waals surface area contributed by atoms with Crippen LogP contribution in [0.4, 0.5) is 17.1 Å². The van der Waals surface area contributed by atoms with E-state index in [1.54, 1.807) is 24.5 Å². The van der Waals surface area contributed by atoms with E-state index in [2.05, 4.69) is 25.1 Å². The number of azo groups is 1. The van der Waals surface area contributed by atoms with Crippen LogP contribution in [0.15, 0.2) is 108 Å². The first-order chi connectivity index (χ1) is 17.2. The van der Waals surface area contributed by atoms with Crippen molar-refractivity contribution < 1.29 is 9.66 Å². The lowest BCUT2D eigenvalue weighted by molar-refractivity contribution is -0.384. The number of pyridine rings is 2. The second-order valence-corrected chi connectivity index (χ2v) is 7.67. The molecule has 9 nitrogen and oxygen atoms in total.